The molecule has 0 N–H and O–H groups in total. The lowest BCUT2D eigenvalue weighted by atomic mass is 10.1. The van der Waals surface area contributed by atoms with Crippen molar-refractivity contribution in [3.63, 3.8) is 0 Å². The molecular weight excluding hydrogens is 415 g/mol. The van der Waals surface area contributed by atoms with Crippen LogP contribution in [0.25, 0.3) is 11.3 Å². The Balaban J connectivity index is 2.11. The molecule has 1 heterocycles. The summed E-state index contributed by atoms with van der Waals surface area (Å²) in [6.45, 7) is 1.90. The molecule has 0 aliphatic heterocycles. The van der Waals surface area contributed by atoms with E-state index in [0.29, 0.717) is 32.6 Å². The summed E-state index contributed by atoms with van der Waals surface area (Å²) in [5.74, 6) is -0.0220. The molecule has 3 rings (SSSR count). The van der Waals surface area contributed by atoms with Gasteiger partial charge in [-0.15, -0.1) is 0 Å². The van der Waals surface area contributed by atoms with Gasteiger partial charge in [-0.3, -0.25) is 4.79 Å². The summed E-state index contributed by atoms with van der Waals surface area (Å²) in [5, 5.41) is 5.31. The van der Waals surface area contributed by atoms with Crippen LogP contribution in [0.1, 0.15) is 22.8 Å². The molecule has 0 saturated heterocycles. The van der Waals surface area contributed by atoms with Gasteiger partial charge in [-0.1, -0.05) is 29.3 Å². The number of carbonyl (C=O) groups is 1. The molecule has 3 aromatic rings. The highest BCUT2D eigenvalue weighted by Crippen LogP contribution is 2.23. The number of carbonyl (C=O) groups excluding carboxylic acids is 1. The highest BCUT2D eigenvalue weighted by Gasteiger charge is 2.18. The summed E-state index contributed by atoms with van der Waals surface area (Å²) < 4.78 is 11.4. The van der Waals surface area contributed by atoms with Crippen molar-refractivity contribution < 1.29 is 14.3 Å². The fourth-order valence-corrected chi connectivity index (χ4v) is 3.19. The molecule has 29 heavy (non-hydrogen) atoms. The topological polar surface area (TPSA) is 70.4 Å². The molecule has 0 atom stereocenters. The average molecular weight is 433 g/mol. The highest BCUT2D eigenvalue weighted by molar-refractivity contribution is 6.35. The molecule has 0 spiro atoms. The molecule has 0 saturated carbocycles. The summed E-state index contributed by atoms with van der Waals surface area (Å²) >= 11 is 12.2. The van der Waals surface area contributed by atoms with E-state index in [-0.39, 0.29) is 18.7 Å². The van der Waals surface area contributed by atoms with Gasteiger partial charge in [-0.2, -0.15) is 5.10 Å². The van der Waals surface area contributed by atoms with E-state index in [4.69, 9.17) is 32.7 Å². The molecule has 0 amide bonds. The van der Waals surface area contributed by atoms with E-state index in [0.717, 1.165) is 0 Å². The maximum absolute atomic E-state index is 12.9. The van der Waals surface area contributed by atoms with Gasteiger partial charge < -0.3 is 9.47 Å². The number of rotatable bonds is 6. The molecule has 0 bridgehead atoms. The van der Waals surface area contributed by atoms with Crippen LogP contribution in [0.5, 0.6) is 5.75 Å². The zero-order valence-electron chi connectivity index (χ0n) is 15.8. The molecule has 1 aromatic heterocycles. The first kappa shape index (κ1) is 20.9. The van der Waals surface area contributed by atoms with E-state index in [1.807, 2.05) is 0 Å². The first-order chi connectivity index (χ1) is 13.9. The van der Waals surface area contributed by atoms with Crippen LogP contribution < -0.4 is 10.3 Å². The number of aromatic nitrogens is 2. The van der Waals surface area contributed by atoms with Crippen molar-refractivity contribution >= 4 is 29.2 Å². The number of nitrogens with zero attached hydrogens (tertiary/aromatic N) is 2. The highest BCUT2D eigenvalue weighted by atomic mass is 35.5. The Morgan fingerprint density at radius 2 is 1.83 bits per heavy atom. The first-order valence-corrected chi connectivity index (χ1v) is 9.56. The predicted octanol–water partition coefficient (Wildman–Crippen LogP) is 4.45. The van der Waals surface area contributed by atoms with Gasteiger partial charge in [0.25, 0.3) is 5.56 Å². The number of hydrogen-bond donors (Lipinski definition) is 0. The standard InChI is InChI=1S/C21H18Cl2N2O4/c1-3-29-21(27)17-11-19(13-5-8-16(28-2)9-6-13)24-25(20(17)26)12-14-4-7-15(22)10-18(14)23/h4-11H,3,12H2,1-2H3. The third kappa shape index (κ3) is 4.78. The molecule has 0 aliphatic carbocycles. The third-order valence-corrected chi connectivity index (χ3v) is 4.78. The third-order valence-electron chi connectivity index (χ3n) is 4.19. The number of methoxy groups -OCH3 is 1. The lowest BCUT2D eigenvalue weighted by Gasteiger charge is -2.12. The number of hydrogen-bond acceptors (Lipinski definition) is 5. The Labute approximate surface area is 177 Å². The summed E-state index contributed by atoms with van der Waals surface area (Å²) in [6.07, 6.45) is 0. The van der Waals surface area contributed by atoms with Crippen LogP contribution in [-0.2, 0) is 11.3 Å². The van der Waals surface area contributed by atoms with Crippen molar-refractivity contribution in [3.05, 3.63) is 80.1 Å². The van der Waals surface area contributed by atoms with E-state index in [9.17, 15) is 9.59 Å². The minimum Gasteiger partial charge on any atom is -0.497 e. The SMILES string of the molecule is CCOC(=O)c1cc(-c2ccc(OC)cc2)nn(Cc2ccc(Cl)cc2Cl)c1=O. The van der Waals surface area contributed by atoms with Crippen molar-refractivity contribution in [3.8, 4) is 17.0 Å². The van der Waals surface area contributed by atoms with Crippen molar-refractivity contribution in [1.29, 1.82) is 0 Å². The molecule has 8 heteroatoms. The molecule has 2 aromatic carbocycles. The lowest BCUT2D eigenvalue weighted by molar-refractivity contribution is 0.0523. The largest absolute Gasteiger partial charge is 0.497 e. The van der Waals surface area contributed by atoms with Gasteiger partial charge >= 0.3 is 5.97 Å². The van der Waals surface area contributed by atoms with Crippen LogP contribution in [0.15, 0.2) is 53.3 Å². The van der Waals surface area contributed by atoms with Crippen molar-refractivity contribution in [2.45, 2.75) is 13.5 Å². The summed E-state index contributed by atoms with van der Waals surface area (Å²) in [7, 11) is 1.57. The first-order valence-electron chi connectivity index (χ1n) is 8.80. The number of esters is 1. The van der Waals surface area contributed by atoms with E-state index >= 15 is 0 Å². The zero-order chi connectivity index (χ0) is 21.0. The summed E-state index contributed by atoms with van der Waals surface area (Å²) in [5.41, 5.74) is 1.14. The van der Waals surface area contributed by atoms with E-state index in [1.165, 1.54) is 10.7 Å². The lowest BCUT2D eigenvalue weighted by Crippen LogP contribution is -2.30. The summed E-state index contributed by atoms with van der Waals surface area (Å²) in [4.78, 5) is 25.2. The maximum atomic E-state index is 12.9. The minimum absolute atomic E-state index is 0.0746. The van der Waals surface area contributed by atoms with Crippen LogP contribution in [-0.4, -0.2) is 29.5 Å². The van der Waals surface area contributed by atoms with Crippen LogP contribution in [0.4, 0.5) is 0 Å². The Hall–Kier alpha value is -2.83. The molecule has 0 unspecified atom stereocenters. The minimum atomic E-state index is -0.703. The maximum Gasteiger partial charge on any atom is 0.343 e. The quantitative estimate of drug-likeness (QED) is 0.538. The van der Waals surface area contributed by atoms with Gasteiger partial charge in [0.05, 0.1) is 26.0 Å². The normalized spacial score (nSPS) is 10.6. The Morgan fingerprint density at radius 1 is 1.10 bits per heavy atom. The van der Waals surface area contributed by atoms with Gasteiger partial charge in [-0.05, 0) is 55.0 Å². The van der Waals surface area contributed by atoms with Gasteiger partial charge in [0.2, 0.25) is 0 Å². The Kier molecular flexibility index (Phi) is 6.56. The second-order valence-electron chi connectivity index (χ2n) is 6.09. The Bertz CT molecular complexity index is 1090. The van der Waals surface area contributed by atoms with Crippen LogP contribution in [0.2, 0.25) is 10.0 Å². The molecule has 0 fully saturated rings. The van der Waals surface area contributed by atoms with Crippen LogP contribution in [0.3, 0.4) is 0 Å². The van der Waals surface area contributed by atoms with E-state index in [1.54, 1.807) is 56.5 Å². The molecule has 0 aliphatic rings. The van der Waals surface area contributed by atoms with E-state index < -0.39 is 11.5 Å². The van der Waals surface area contributed by atoms with Crippen molar-refractivity contribution in [2.75, 3.05) is 13.7 Å². The average Bonchev–Trinajstić information content (AvgIpc) is 2.71. The fraction of sp³-hybridized carbons (Fsp3) is 0.190. The number of halogens is 2. The zero-order valence-corrected chi connectivity index (χ0v) is 17.3. The number of ether oxygens (including phenoxy) is 2. The van der Waals surface area contributed by atoms with Gasteiger partial charge in [-0.25, -0.2) is 9.48 Å². The molecular formula is C21H18Cl2N2O4. The van der Waals surface area contributed by atoms with Gasteiger partial charge in [0.1, 0.15) is 11.3 Å². The summed E-state index contributed by atoms with van der Waals surface area (Å²) in [6, 6.07) is 13.5. The van der Waals surface area contributed by atoms with Gasteiger partial charge in [0.15, 0.2) is 0 Å². The predicted molar refractivity (Wildman–Crippen MR) is 112 cm³/mol. The Morgan fingerprint density at radius 3 is 2.45 bits per heavy atom. The fourth-order valence-electron chi connectivity index (χ4n) is 2.72. The second-order valence-corrected chi connectivity index (χ2v) is 6.93. The van der Waals surface area contributed by atoms with Crippen LogP contribution in [0, 0.1) is 0 Å². The smallest absolute Gasteiger partial charge is 0.343 e. The van der Waals surface area contributed by atoms with Gasteiger partial charge in [0, 0.05) is 15.6 Å². The van der Waals surface area contributed by atoms with Crippen molar-refractivity contribution in [2.24, 2.45) is 0 Å². The molecule has 0 radical (unpaired) electrons. The molecule has 150 valence electrons. The second kappa shape index (κ2) is 9.11. The van der Waals surface area contributed by atoms with E-state index in [2.05, 4.69) is 5.10 Å². The number of benzene rings is 2. The van der Waals surface area contributed by atoms with Crippen molar-refractivity contribution in [1.82, 2.24) is 9.78 Å². The molecule has 6 nitrogen and oxygen atoms in total. The van der Waals surface area contributed by atoms with Crippen LogP contribution >= 0.6 is 23.2 Å². The monoisotopic (exact) mass is 432 g/mol.